The van der Waals surface area contributed by atoms with Gasteiger partial charge in [0.2, 0.25) is 0 Å². The van der Waals surface area contributed by atoms with Crippen molar-refractivity contribution >= 4 is 15.9 Å². The lowest BCUT2D eigenvalue weighted by atomic mass is 9.90. The normalized spacial score (nSPS) is 12.7. The van der Waals surface area contributed by atoms with Crippen LogP contribution in [0.15, 0.2) is 30.3 Å². The van der Waals surface area contributed by atoms with E-state index in [9.17, 15) is 0 Å². The average molecular weight is 269 g/mol. The van der Waals surface area contributed by atoms with Crippen molar-refractivity contribution in [3.05, 3.63) is 35.9 Å². The van der Waals surface area contributed by atoms with Crippen LogP contribution in [-0.4, -0.2) is 5.33 Å². The second kappa shape index (κ2) is 7.92. The molecular weight excluding hydrogens is 248 g/mol. The van der Waals surface area contributed by atoms with Crippen LogP contribution < -0.4 is 0 Å². The quantitative estimate of drug-likeness (QED) is 0.475. The van der Waals surface area contributed by atoms with Crippen molar-refractivity contribution in [3.63, 3.8) is 0 Å². The van der Waals surface area contributed by atoms with Crippen molar-refractivity contribution in [2.24, 2.45) is 0 Å². The molecule has 1 atom stereocenters. The van der Waals surface area contributed by atoms with E-state index in [0.717, 1.165) is 11.2 Å². The molecule has 1 rings (SSSR count). The lowest BCUT2D eigenvalue weighted by molar-refractivity contribution is 0.543. The monoisotopic (exact) mass is 268 g/mol. The molecule has 0 fully saturated rings. The summed E-state index contributed by atoms with van der Waals surface area (Å²) in [6.07, 6.45) is 6.58. The minimum Gasteiger partial charge on any atom is -0.0928 e. The molecule has 0 saturated heterocycles. The van der Waals surface area contributed by atoms with Crippen molar-refractivity contribution in [2.75, 3.05) is 5.33 Å². The van der Waals surface area contributed by atoms with Crippen molar-refractivity contribution in [1.29, 1.82) is 0 Å². The van der Waals surface area contributed by atoms with Gasteiger partial charge in [0, 0.05) is 5.33 Å². The first-order chi connectivity index (χ1) is 7.38. The van der Waals surface area contributed by atoms with Crippen LogP contribution in [-0.2, 0) is 0 Å². The smallest absolute Gasteiger partial charge is 0.00313 e. The molecule has 0 nitrogen and oxygen atoms in total. The zero-order chi connectivity index (χ0) is 10.9. The Morgan fingerprint density at radius 1 is 1.07 bits per heavy atom. The first kappa shape index (κ1) is 12.8. The van der Waals surface area contributed by atoms with Gasteiger partial charge >= 0.3 is 0 Å². The third kappa shape index (κ3) is 4.83. The Balaban J connectivity index is 2.50. The summed E-state index contributed by atoms with van der Waals surface area (Å²) in [7, 11) is 0. The van der Waals surface area contributed by atoms with Gasteiger partial charge in [-0.1, -0.05) is 66.0 Å². The van der Waals surface area contributed by atoms with Gasteiger partial charge in [0.25, 0.3) is 0 Å². The molecule has 0 aliphatic heterocycles. The minimum atomic E-state index is 0.773. The lowest BCUT2D eigenvalue weighted by Gasteiger charge is -2.16. The summed E-state index contributed by atoms with van der Waals surface area (Å²) >= 11 is 3.49. The van der Waals surface area contributed by atoms with Crippen LogP contribution in [0.3, 0.4) is 0 Å². The van der Waals surface area contributed by atoms with Crippen LogP contribution in [0.5, 0.6) is 0 Å². The summed E-state index contributed by atoms with van der Waals surface area (Å²) < 4.78 is 0. The molecule has 0 aliphatic carbocycles. The zero-order valence-corrected chi connectivity index (χ0v) is 11.2. The number of unbranched alkanes of at least 4 members (excludes halogenated alkanes) is 1. The standard InChI is InChI=1S/C14H21Br/c1-2-8-13(11-6-7-12-15)14-9-4-3-5-10-14/h3-5,9-10,13H,2,6-8,11-12H2,1H3/t13-/m1/s1. The van der Waals surface area contributed by atoms with E-state index in [4.69, 9.17) is 0 Å². The molecule has 0 bridgehead atoms. The summed E-state index contributed by atoms with van der Waals surface area (Å²) in [5.41, 5.74) is 1.52. The zero-order valence-electron chi connectivity index (χ0n) is 9.58. The van der Waals surface area contributed by atoms with Crippen LogP contribution in [0, 0.1) is 0 Å². The molecule has 84 valence electrons. The molecular formula is C14H21Br. The maximum atomic E-state index is 3.49. The largest absolute Gasteiger partial charge is 0.0928 e. The van der Waals surface area contributed by atoms with Crippen molar-refractivity contribution in [3.8, 4) is 0 Å². The van der Waals surface area contributed by atoms with E-state index in [1.807, 2.05) is 0 Å². The number of rotatable bonds is 7. The maximum absolute atomic E-state index is 3.49. The summed E-state index contributed by atoms with van der Waals surface area (Å²) in [6, 6.07) is 11.0. The van der Waals surface area contributed by atoms with Crippen molar-refractivity contribution in [2.45, 2.75) is 44.9 Å². The van der Waals surface area contributed by atoms with Crippen molar-refractivity contribution < 1.29 is 0 Å². The van der Waals surface area contributed by atoms with Crippen LogP contribution >= 0.6 is 15.9 Å². The van der Waals surface area contributed by atoms with Gasteiger partial charge in [0.15, 0.2) is 0 Å². The van der Waals surface area contributed by atoms with Crippen molar-refractivity contribution in [1.82, 2.24) is 0 Å². The first-order valence-electron chi connectivity index (χ1n) is 5.99. The molecule has 0 N–H and O–H groups in total. The van der Waals surface area contributed by atoms with E-state index < -0.39 is 0 Å². The third-order valence-electron chi connectivity index (χ3n) is 2.84. The summed E-state index contributed by atoms with van der Waals surface area (Å²) in [5, 5.41) is 1.14. The number of hydrogen-bond acceptors (Lipinski definition) is 0. The highest BCUT2D eigenvalue weighted by Crippen LogP contribution is 2.26. The van der Waals surface area contributed by atoms with Gasteiger partial charge in [-0.15, -0.1) is 0 Å². The topological polar surface area (TPSA) is 0 Å². The molecule has 0 heterocycles. The van der Waals surface area contributed by atoms with Gasteiger partial charge in [0.05, 0.1) is 0 Å². The summed E-state index contributed by atoms with van der Waals surface area (Å²) in [4.78, 5) is 0. The van der Waals surface area contributed by atoms with E-state index in [0.29, 0.717) is 0 Å². The van der Waals surface area contributed by atoms with Gasteiger partial charge in [-0.3, -0.25) is 0 Å². The Morgan fingerprint density at radius 2 is 1.80 bits per heavy atom. The van der Waals surface area contributed by atoms with Gasteiger partial charge < -0.3 is 0 Å². The number of alkyl halides is 1. The molecule has 0 amide bonds. The fourth-order valence-electron chi connectivity index (χ4n) is 2.04. The predicted octanol–water partition coefficient (Wildman–Crippen LogP) is 5.14. The fourth-order valence-corrected chi connectivity index (χ4v) is 2.43. The van der Waals surface area contributed by atoms with Gasteiger partial charge in [-0.25, -0.2) is 0 Å². The fraction of sp³-hybridized carbons (Fsp3) is 0.571. The number of hydrogen-bond donors (Lipinski definition) is 0. The molecule has 0 radical (unpaired) electrons. The second-order valence-electron chi connectivity index (χ2n) is 4.08. The van der Waals surface area contributed by atoms with Gasteiger partial charge in [0.1, 0.15) is 0 Å². The highest BCUT2D eigenvalue weighted by atomic mass is 79.9. The number of benzene rings is 1. The lowest BCUT2D eigenvalue weighted by Crippen LogP contribution is -1.98. The molecule has 0 aromatic heterocycles. The Bertz CT molecular complexity index is 243. The predicted molar refractivity (Wildman–Crippen MR) is 71.7 cm³/mol. The molecule has 0 saturated carbocycles. The molecule has 1 aromatic carbocycles. The van der Waals surface area contributed by atoms with E-state index in [-0.39, 0.29) is 0 Å². The third-order valence-corrected chi connectivity index (χ3v) is 3.41. The molecule has 15 heavy (non-hydrogen) atoms. The molecule has 0 spiro atoms. The molecule has 1 heteroatoms. The van der Waals surface area contributed by atoms with Crippen LogP contribution in [0.2, 0.25) is 0 Å². The highest BCUT2D eigenvalue weighted by Gasteiger charge is 2.09. The summed E-state index contributed by atoms with van der Waals surface area (Å²) in [5.74, 6) is 0.773. The minimum absolute atomic E-state index is 0.773. The van der Waals surface area contributed by atoms with E-state index in [2.05, 4.69) is 53.2 Å². The van der Waals surface area contributed by atoms with E-state index in [1.54, 1.807) is 0 Å². The Kier molecular flexibility index (Phi) is 6.74. The number of halogens is 1. The van der Waals surface area contributed by atoms with E-state index >= 15 is 0 Å². The van der Waals surface area contributed by atoms with Crippen LogP contribution in [0.25, 0.3) is 0 Å². The Morgan fingerprint density at radius 3 is 2.40 bits per heavy atom. The Hall–Kier alpha value is -0.300. The first-order valence-corrected chi connectivity index (χ1v) is 7.11. The second-order valence-corrected chi connectivity index (χ2v) is 4.87. The van der Waals surface area contributed by atoms with Gasteiger partial charge in [-0.05, 0) is 30.7 Å². The van der Waals surface area contributed by atoms with E-state index in [1.165, 1.54) is 37.7 Å². The van der Waals surface area contributed by atoms with Crippen LogP contribution in [0.4, 0.5) is 0 Å². The molecule has 1 aromatic rings. The SMILES string of the molecule is CCC[C@H](CCCCBr)c1ccccc1. The Labute approximate surface area is 102 Å². The van der Waals surface area contributed by atoms with Gasteiger partial charge in [-0.2, -0.15) is 0 Å². The molecule has 0 aliphatic rings. The highest BCUT2D eigenvalue weighted by molar-refractivity contribution is 9.09. The average Bonchev–Trinajstić information content (AvgIpc) is 2.29. The van der Waals surface area contributed by atoms with Crippen LogP contribution in [0.1, 0.15) is 50.5 Å². The summed E-state index contributed by atoms with van der Waals surface area (Å²) in [6.45, 7) is 2.28. The molecule has 0 unspecified atom stereocenters. The maximum Gasteiger partial charge on any atom is 0.00313 e.